The van der Waals surface area contributed by atoms with Crippen LogP contribution in [0.4, 0.5) is 0 Å². The van der Waals surface area contributed by atoms with E-state index in [9.17, 15) is 10.2 Å². The van der Waals surface area contributed by atoms with Crippen LogP contribution < -0.4 is 0 Å². The van der Waals surface area contributed by atoms with Gasteiger partial charge in [0.15, 0.2) is 0 Å². The van der Waals surface area contributed by atoms with Crippen LogP contribution in [0, 0.1) is 11.8 Å². The minimum absolute atomic E-state index is 0.647. The van der Waals surface area contributed by atoms with Crippen LogP contribution in [0.3, 0.4) is 0 Å². The first-order chi connectivity index (χ1) is 10.8. The van der Waals surface area contributed by atoms with Crippen LogP contribution in [-0.4, -0.2) is 30.0 Å². The summed E-state index contributed by atoms with van der Waals surface area (Å²) in [6.07, 6.45) is 3.85. The summed E-state index contributed by atoms with van der Waals surface area (Å²) in [5.41, 5.74) is 1.77. The average molecular weight is 324 g/mol. The van der Waals surface area contributed by atoms with Crippen LogP contribution in [0.5, 0.6) is 0 Å². The third-order valence-corrected chi connectivity index (χ3v) is 6.61. The summed E-state index contributed by atoms with van der Waals surface area (Å²) in [4.78, 5) is 0. The number of hydrogen-bond acceptors (Lipinski definition) is 2. The van der Waals surface area contributed by atoms with Gasteiger partial charge in [-0.1, -0.05) is 55.8 Å². The van der Waals surface area contributed by atoms with Gasteiger partial charge in [0.1, 0.15) is 11.7 Å². The zero-order valence-corrected chi connectivity index (χ0v) is 15.1. The Morgan fingerprint density at radius 2 is 1.91 bits per heavy atom. The van der Waals surface area contributed by atoms with E-state index in [4.69, 9.17) is 0 Å². The second kappa shape index (κ2) is 5.79. The van der Waals surface area contributed by atoms with Crippen LogP contribution in [0.25, 0.3) is 0 Å². The molecule has 2 aliphatic carbocycles. The molecule has 1 saturated carbocycles. The molecule has 3 heteroatoms. The van der Waals surface area contributed by atoms with E-state index in [-0.39, 0.29) is 0 Å². The number of aliphatic hydroxyl groups excluding tert-OH is 1. The van der Waals surface area contributed by atoms with E-state index in [0.717, 1.165) is 34.7 Å². The van der Waals surface area contributed by atoms with Gasteiger partial charge in [0.05, 0.1) is 8.07 Å². The molecule has 1 aromatic rings. The van der Waals surface area contributed by atoms with E-state index < -0.39 is 19.8 Å². The maximum Gasteiger partial charge on any atom is 0.120 e. The largest absolute Gasteiger partial charge is 0.385 e. The molecular formula is C20H24O2Si. The maximum absolute atomic E-state index is 10.7. The van der Waals surface area contributed by atoms with Gasteiger partial charge >= 0.3 is 0 Å². The second-order valence-corrected chi connectivity index (χ2v) is 12.5. The van der Waals surface area contributed by atoms with Gasteiger partial charge in [0, 0.05) is 5.56 Å². The Labute approximate surface area is 139 Å². The van der Waals surface area contributed by atoms with Gasteiger partial charge < -0.3 is 10.2 Å². The smallest absolute Gasteiger partial charge is 0.120 e. The molecule has 0 spiro atoms. The summed E-state index contributed by atoms with van der Waals surface area (Å²) in [5, 5.41) is 22.3. The molecule has 1 aromatic carbocycles. The summed E-state index contributed by atoms with van der Waals surface area (Å²) in [5.74, 6) is 6.57. The van der Waals surface area contributed by atoms with Crippen LogP contribution in [0.1, 0.15) is 24.8 Å². The first kappa shape index (κ1) is 16.3. The molecule has 3 rings (SSSR count). The molecule has 0 heterocycles. The Morgan fingerprint density at radius 1 is 1.22 bits per heavy atom. The van der Waals surface area contributed by atoms with Gasteiger partial charge in [-0.05, 0) is 47.7 Å². The number of fused-ring (bicyclic) bond motifs is 1. The average Bonchev–Trinajstić information content (AvgIpc) is 2.52. The molecule has 0 saturated heterocycles. The normalized spacial score (nSPS) is 28.7. The summed E-state index contributed by atoms with van der Waals surface area (Å²) in [6.45, 7) is 6.72. The number of aliphatic hydroxyl groups is 2. The zero-order chi connectivity index (χ0) is 16.7. The number of hydrogen-bond donors (Lipinski definition) is 2. The van der Waals surface area contributed by atoms with Crippen molar-refractivity contribution < 1.29 is 10.2 Å². The quantitative estimate of drug-likeness (QED) is 0.614. The standard InChI is InChI=1S/C20H24O2Si/c1-23(2,3)17(13-12-15-9-5-4-6-10-15)18-16-11-7-8-14-20(16,22)19(18)21/h4-6,9-11,19,21-22H,7-8,14H2,1-3H3/b18-17+/t19-,20-/m0/s1. The summed E-state index contributed by atoms with van der Waals surface area (Å²) in [6, 6.07) is 9.92. The van der Waals surface area contributed by atoms with Gasteiger partial charge in [-0.25, -0.2) is 0 Å². The predicted octanol–water partition coefficient (Wildman–Crippen LogP) is 3.43. The Kier molecular flexibility index (Phi) is 4.10. The van der Waals surface area contributed by atoms with Gasteiger partial charge in [0.2, 0.25) is 0 Å². The molecule has 2 N–H and O–H groups in total. The second-order valence-electron chi connectivity index (χ2n) is 7.49. The van der Waals surface area contributed by atoms with Gasteiger partial charge in [-0.2, -0.15) is 0 Å². The van der Waals surface area contributed by atoms with Crippen molar-refractivity contribution in [1.29, 1.82) is 0 Å². The van der Waals surface area contributed by atoms with Gasteiger partial charge in [0.25, 0.3) is 0 Å². The molecule has 2 nitrogen and oxygen atoms in total. The first-order valence-electron chi connectivity index (χ1n) is 8.27. The fraction of sp³-hybridized carbons (Fsp3) is 0.400. The highest BCUT2D eigenvalue weighted by Crippen LogP contribution is 2.51. The topological polar surface area (TPSA) is 40.5 Å². The summed E-state index contributed by atoms with van der Waals surface area (Å²) < 4.78 is 0. The lowest BCUT2D eigenvalue weighted by atomic mass is 9.62. The Balaban J connectivity index is 2.08. The molecule has 1 fully saturated rings. The van der Waals surface area contributed by atoms with E-state index in [1.54, 1.807) is 0 Å². The van der Waals surface area contributed by atoms with E-state index in [1.807, 2.05) is 30.3 Å². The summed E-state index contributed by atoms with van der Waals surface area (Å²) in [7, 11) is -1.73. The predicted molar refractivity (Wildman–Crippen MR) is 96.6 cm³/mol. The van der Waals surface area contributed by atoms with Crippen molar-refractivity contribution in [2.75, 3.05) is 0 Å². The molecule has 2 atom stereocenters. The van der Waals surface area contributed by atoms with E-state index in [0.29, 0.717) is 6.42 Å². The molecule has 0 unspecified atom stereocenters. The first-order valence-corrected chi connectivity index (χ1v) is 11.8. The third-order valence-electron chi connectivity index (χ3n) is 4.72. The monoisotopic (exact) mass is 324 g/mol. The number of allylic oxidation sites excluding steroid dienone is 2. The molecule has 0 amide bonds. The lowest BCUT2D eigenvalue weighted by molar-refractivity contribution is -0.0701. The fourth-order valence-electron chi connectivity index (χ4n) is 3.45. The Morgan fingerprint density at radius 3 is 2.57 bits per heavy atom. The van der Waals surface area contributed by atoms with E-state index in [1.165, 1.54) is 0 Å². The highest BCUT2D eigenvalue weighted by Gasteiger charge is 2.55. The van der Waals surface area contributed by atoms with Gasteiger partial charge in [-0.3, -0.25) is 0 Å². The lowest BCUT2D eigenvalue weighted by Crippen LogP contribution is -2.58. The summed E-state index contributed by atoms with van der Waals surface area (Å²) >= 11 is 0. The van der Waals surface area contributed by atoms with Crippen molar-refractivity contribution in [2.24, 2.45) is 0 Å². The van der Waals surface area contributed by atoms with E-state index in [2.05, 4.69) is 37.6 Å². The SMILES string of the molecule is C[Si](C)(C)/C(C#Cc1ccccc1)=C1\C2=CCCC[C@@]2(O)[C@H]1O. The van der Waals surface area contributed by atoms with Crippen molar-refractivity contribution in [1.82, 2.24) is 0 Å². The Bertz CT molecular complexity index is 728. The van der Waals surface area contributed by atoms with Crippen molar-refractivity contribution in [3.8, 4) is 11.8 Å². The fourth-order valence-corrected chi connectivity index (χ4v) is 4.97. The van der Waals surface area contributed by atoms with Crippen LogP contribution in [-0.2, 0) is 0 Å². The minimum atomic E-state index is -1.73. The molecular weight excluding hydrogens is 300 g/mol. The van der Waals surface area contributed by atoms with E-state index >= 15 is 0 Å². The van der Waals surface area contributed by atoms with Crippen molar-refractivity contribution in [3.05, 3.63) is 58.3 Å². The molecule has 0 aromatic heterocycles. The third kappa shape index (κ3) is 2.83. The molecule has 120 valence electrons. The molecule has 0 radical (unpaired) electrons. The van der Waals surface area contributed by atoms with Crippen molar-refractivity contribution in [3.63, 3.8) is 0 Å². The zero-order valence-electron chi connectivity index (χ0n) is 14.1. The number of rotatable bonds is 1. The maximum atomic E-state index is 10.7. The Hall–Kier alpha value is -1.60. The van der Waals surface area contributed by atoms with Crippen LogP contribution in [0.2, 0.25) is 19.6 Å². The molecule has 2 aliphatic rings. The lowest BCUT2D eigenvalue weighted by Gasteiger charge is -2.51. The molecule has 0 bridgehead atoms. The number of benzene rings is 1. The molecule has 0 aliphatic heterocycles. The highest BCUT2D eigenvalue weighted by atomic mass is 28.3. The van der Waals surface area contributed by atoms with Crippen molar-refractivity contribution >= 4 is 8.07 Å². The van der Waals surface area contributed by atoms with Gasteiger partial charge in [-0.15, -0.1) is 0 Å². The van der Waals surface area contributed by atoms with Crippen LogP contribution >= 0.6 is 0 Å². The van der Waals surface area contributed by atoms with Crippen LogP contribution in [0.15, 0.2) is 52.8 Å². The highest BCUT2D eigenvalue weighted by molar-refractivity contribution is 6.84. The van der Waals surface area contributed by atoms with Crippen molar-refractivity contribution in [2.45, 2.75) is 50.6 Å². The minimum Gasteiger partial charge on any atom is -0.385 e. The molecule has 23 heavy (non-hydrogen) atoms.